The molecular formula is C15H28N2O3. The summed E-state index contributed by atoms with van der Waals surface area (Å²) in [4.78, 5) is 23.2. The molecule has 1 rings (SSSR count). The Morgan fingerprint density at radius 3 is 2.10 bits per heavy atom. The Balaban J connectivity index is 2.49. The number of carboxylic acids is 1. The summed E-state index contributed by atoms with van der Waals surface area (Å²) in [5.74, 6) is -1.00. The van der Waals surface area contributed by atoms with Crippen LogP contribution < -0.4 is 10.6 Å². The number of carbonyl (C=O) groups excluding carboxylic acids is 1. The highest BCUT2D eigenvalue weighted by Crippen LogP contribution is 2.34. The molecule has 20 heavy (non-hydrogen) atoms. The number of carbonyl (C=O) groups is 2. The number of rotatable bonds is 3. The molecule has 5 nitrogen and oxygen atoms in total. The molecule has 1 atom stereocenters. The van der Waals surface area contributed by atoms with Gasteiger partial charge in [-0.2, -0.15) is 0 Å². The predicted molar refractivity (Wildman–Crippen MR) is 78.6 cm³/mol. The number of carboxylic acid groups (broad SMARTS) is 1. The fourth-order valence-electron chi connectivity index (χ4n) is 2.55. The lowest BCUT2D eigenvalue weighted by molar-refractivity contribution is -0.141. The maximum absolute atomic E-state index is 11.9. The minimum Gasteiger partial charge on any atom is -0.480 e. The van der Waals surface area contributed by atoms with Crippen LogP contribution in [-0.2, 0) is 4.79 Å². The van der Waals surface area contributed by atoms with Gasteiger partial charge in [-0.15, -0.1) is 0 Å². The fraction of sp³-hybridized carbons (Fsp3) is 0.867. The molecule has 1 fully saturated rings. The number of amides is 2. The highest BCUT2D eigenvalue weighted by molar-refractivity contribution is 5.83. The molecular weight excluding hydrogens is 256 g/mol. The first kappa shape index (κ1) is 16.8. The largest absolute Gasteiger partial charge is 0.480 e. The van der Waals surface area contributed by atoms with Crippen LogP contribution in [0, 0.1) is 10.8 Å². The highest BCUT2D eigenvalue weighted by Gasteiger charge is 2.33. The Morgan fingerprint density at radius 2 is 1.70 bits per heavy atom. The summed E-state index contributed by atoms with van der Waals surface area (Å²) in [6.45, 7) is 9.88. The SMILES string of the molecule is CC1(C)CCC(NC(=O)N[C@@H](C(=O)O)C(C)(C)C)CC1. The van der Waals surface area contributed by atoms with Crippen LogP contribution in [0.15, 0.2) is 0 Å². The van der Waals surface area contributed by atoms with E-state index in [4.69, 9.17) is 0 Å². The summed E-state index contributed by atoms with van der Waals surface area (Å²) in [5, 5.41) is 14.7. The summed E-state index contributed by atoms with van der Waals surface area (Å²) < 4.78 is 0. The second-order valence-corrected chi connectivity index (χ2v) is 7.69. The quantitative estimate of drug-likeness (QED) is 0.745. The van der Waals surface area contributed by atoms with Gasteiger partial charge in [0, 0.05) is 6.04 Å². The zero-order valence-corrected chi connectivity index (χ0v) is 13.2. The van der Waals surface area contributed by atoms with Crippen LogP contribution in [0.4, 0.5) is 4.79 Å². The van der Waals surface area contributed by atoms with Gasteiger partial charge >= 0.3 is 12.0 Å². The Kier molecular flexibility index (Phi) is 5.05. The van der Waals surface area contributed by atoms with E-state index in [0.29, 0.717) is 5.41 Å². The van der Waals surface area contributed by atoms with E-state index >= 15 is 0 Å². The maximum Gasteiger partial charge on any atom is 0.326 e. The molecule has 0 aromatic carbocycles. The zero-order valence-electron chi connectivity index (χ0n) is 13.2. The van der Waals surface area contributed by atoms with Crippen molar-refractivity contribution >= 4 is 12.0 Å². The average molecular weight is 284 g/mol. The summed E-state index contributed by atoms with van der Waals surface area (Å²) in [6, 6.07) is -1.11. The Morgan fingerprint density at radius 1 is 1.20 bits per heavy atom. The van der Waals surface area contributed by atoms with Gasteiger partial charge in [0.1, 0.15) is 6.04 Å². The average Bonchev–Trinajstić information content (AvgIpc) is 2.27. The number of hydrogen-bond donors (Lipinski definition) is 3. The first-order valence-electron chi connectivity index (χ1n) is 7.31. The fourth-order valence-corrected chi connectivity index (χ4v) is 2.55. The van der Waals surface area contributed by atoms with Crippen molar-refractivity contribution in [3.8, 4) is 0 Å². The molecule has 0 saturated heterocycles. The van der Waals surface area contributed by atoms with E-state index in [1.165, 1.54) is 0 Å². The lowest BCUT2D eigenvalue weighted by Gasteiger charge is -2.35. The Bertz CT molecular complexity index is 362. The Hall–Kier alpha value is -1.26. The van der Waals surface area contributed by atoms with Crippen LogP contribution in [0.1, 0.15) is 60.3 Å². The van der Waals surface area contributed by atoms with Crippen molar-refractivity contribution in [2.75, 3.05) is 0 Å². The minimum atomic E-state index is -1.00. The van der Waals surface area contributed by atoms with E-state index in [2.05, 4.69) is 24.5 Å². The molecule has 0 aliphatic heterocycles. The van der Waals surface area contributed by atoms with Crippen molar-refractivity contribution in [3.05, 3.63) is 0 Å². The monoisotopic (exact) mass is 284 g/mol. The van der Waals surface area contributed by atoms with E-state index in [9.17, 15) is 14.7 Å². The highest BCUT2D eigenvalue weighted by atomic mass is 16.4. The molecule has 0 bridgehead atoms. The summed E-state index contributed by atoms with van der Waals surface area (Å²) >= 11 is 0. The van der Waals surface area contributed by atoms with Crippen LogP contribution in [0.3, 0.4) is 0 Å². The second kappa shape index (κ2) is 6.02. The summed E-state index contributed by atoms with van der Waals surface area (Å²) in [7, 11) is 0. The van der Waals surface area contributed by atoms with Gasteiger partial charge in [0.15, 0.2) is 0 Å². The molecule has 1 aliphatic rings. The van der Waals surface area contributed by atoms with Gasteiger partial charge in [0.25, 0.3) is 0 Å². The van der Waals surface area contributed by atoms with Gasteiger partial charge in [-0.25, -0.2) is 9.59 Å². The smallest absolute Gasteiger partial charge is 0.326 e. The molecule has 0 spiro atoms. The normalized spacial score (nSPS) is 21.1. The zero-order chi connectivity index (χ0) is 15.6. The third kappa shape index (κ3) is 5.02. The Labute approximate surface area is 121 Å². The van der Waals surface area contributed by atoms with E-state index < -0.39 is 17.4 Å². The van der Waals surface area contributed by atoms with Gasteiger partial charge < -0.3 is 15.7 Å². The van der Waals surface area contributed by atoms with E-state index in [1.807, 2.05) is 0 Å². The molecule has 2 amide bonds. The standard InChI is InChI=1S/C15H28N2O3/c1-14(2,3)11(12(18)19)17-13(20)16-10-6-8-15(4,5)9-7-10/h10-11H,6-9H2,1-5H3,(H,18,19)(H2,16,17,20)/t11-/m0/s1. The third-order valence-electron chi connectivity index (χ3n) is 4.06. The molecule has 0 heterocycles. The number of urea groups is 1. The summed E-state index contributed by atoms with van der Waals surface area (Å²) in [6.07, 6.45) is 4.07. The van der Waals surface area contributed by atoms with Crippen molar-refractivity contribution in [2.24, 2.45) is 10.8 Å². The number of aliphatic carboxylic acids is 1. The van der Waals surface area contributed by atoms with Gasteiger partial charge in [-0.3, -0.25) is 0 Å². The van der Waals surface area contributed by atoms with Gasteiger partial charge in [-0.05, 0) is 36.5 Å². The lowest BCUT2D eigenvalue weighted by Crippen LogP contribution is -2.54. The molecule has 0 unspecified atom stereocenters. The summed E-state index contributed by atoms with van der Waals surface area (Å²) in [5.41, 5.74) is -0.165. The molecule has 3 N–H and O–H groups in total. The van der Waals surface area contributed by atoms with Gasteiger partial charge in [-0.1, -0.05) is 34.6 Å². The van der Waals surface area contributed by atoms with Gasteiger partial charge in [0.05, 0.1) is 0 Å². The minimum absolute atomic E-state index is 0.150. The van der Waals surface area contributed by atoms with Crippen LogP contribution in [0.2, 0.25) is 0 Å². The topological polar surface area (TPSA) is 78.4 Å². The van der Waals surface area contributed by atoms with Crippen LogP contribution in [-0.4, -0.2) is 29.2 Å². The molecule has 1 saturated carbocycles. The lowest BCUT2D eigenvalue weighted by atomic mass is 9.75. The molecule has 0 radical (unpaired) electrons. The van der Waals surface area contributed by atoms with E-state index in [-0.39, 0.29) is 12.1 Å². The van der Waals surface area contributed by atoms with Gasteiger partial charge in [0.2, 0.25) is 0 Å². The van der Waals surface area contributed by atoms with E-state index in [0.717, 1.165) is 25.7 Å². The molecule has 1 aliphatic carbocycles. The van der Waals surface area contributed by atoms with Crippen molar-refractivity contribution in [1.82, 2.24) is 10.6 Å². The number of hydrogen-bond acceptors (Lipinski definition) is 2. The first-order chi connectivity index (χ1) is 9.01. The second-order valence-electron chi connectivity index (χ2n) is 7.69. The van der Waals surface area contributed by atoms with Crippen LogP contribution in [0.5, 0.6) is 0 Å². The predicted octanol–water partition coefficient (Wildman–Crippen LogP) is 2.75. The molecule has 0 aromatic rings. The van der Waals surface area contributed by atoms with Crippen molar-refractivity contribution < 1.29 is 14.7 Å². The van der Waals surface area contributed by atoms with Crippen molar-refractivity contribution in [1.29, 1.82) is 0 Å². The number of nitrogens with one attached hydrogen (secondary N) is 2. The van der Waals surface area contributed by atoms with E-state index in [1.54, 1.807) is 20.8 Å². The molecule has 5 heteroatoms. The maximum atomic E-state index is 11.9. The van der Waals surface area contributed by atoms with Crippen LogP contribution in [0.25, 0.3) is 0 Å². The van der Waals surface area contributed by atoms with Crippen molar-refractivity contribution in [2.45, 2.75) is 72.4 Å². The van der Waals surface area contributed by atoms with Crippen LogP contribution >= 0.6 is 0 Å². The molecule has 116 valence electrons. The third-order valence-corrected chi connectivity index (χ3v) is 4.06. The first-order valence-corrected chi connectivity index (χ1v) is 7.31. The van der Waals surface area contributed by atoms with Crippen molar-refractivity contribution in [3.63, 3.8) is 0 Å². The molecule has 0 aromatic heterocycles.